The standard InChI is InChI=1S/C20H22N4O2S/c1-13-4-5-21-19-18(13)27-20(23-19)26-15-2-3-16-14(11-22-17(16)10-15)12-24-6-8-25-9-7-24/h2-5,10,14,22H,6-9,11-12H2,1H3. The molecule has 27 heavy (non-hydrogen) atoms. The lowest BCUT2D eigenvalue weighted by atomic mass is 10.0. The zero-order valence-electron chi connectivity index (χ0n) is 15.3. The molecule has 1 aromatic carbocycles. The quantitative estimate of drug-likeness (QED) is 0.744. The summed E-state index contributed by atoms with van der Waals surface area (Å²) in [5.74, 6) is 1.33. The molecule has 0 aliphatic carbocycles. The lowest BCUT2D eigenvalue weighted by Gasteiger charge is -2.29. The minimum Gasteiger partial charge on any atom is -0.431 e. The summed E-state index contributed by atoms with van der Waals surface area (Å²) in [4.78, 5) is 11.3. The average Bonchev–Trinajstić information content (AvgIpc) is 3.27. The molecule has 0 amide bonds. The fourth-order valence-corrected chi connectivity index (χ4v) is 4.65. The summed E-state index contributed by atoms with van der Waals surface area (Å²) in [5.41, 5.74) is 4.46. The highest BCUT2D eigenvalue weighted by Gasteiger charge is 2.25. The predicted octanol–water partition coefficient (Wildman–Crippen LogP) is 3.63. The molecule has 0 radical (unpaired) electrons. The van der Waals surface area contributed by atoms with Crippen molar-refractivity contribution in [3.05, 3.63) is 41.6 Å². The van der Waals surface area contributed by atoms with Crippen LogP contribution in [0.4, 0.5) is 5.69 Å². The van der Waals surface area contributed by atoms with Crippen molar-refractivity contribution in [1.29, 1.82) is 0 Å². The van der Waals surface area contributed by atoms with Crippen molar-refractivity contribution in [2.24, 2.45) is 0 Å². The van der Waals surface area contributed by atoms with Crippen LogP contribution in [0.15, 0.2) is 30.5 Å². The van der Waals surface area contributed by atoms with Crippen LogP contribution in [-0.4, -0.2) is 54.3 Å². The second-order valence-electron chi connectivity index (χ2n) is 7.10. The highest BCUT2D eigenvalue weighted by Crippen LogP contribution is 2.37. The summed E-state index contributed by atoms with van der Waals surface area (Å²) >= 11 is 1.54. The van der Waals surface area contributed by atoms with Gasteiger partial charge in [-0.05, 0) is 30.2 Å². The number of thiazole rings is 1. The topological polar surface area (TPSA) is 59.5 Å². The molecular formula is C20H22N4O2S. The number of aryl methyl sites for hydroxylation is 1. The maximum Gasteiger partial charge on any atom is 0.281 e. The molecule has 1 saturated heterocycles. The number of nitrogens with one attached hydrogen (secondary N) is 1. The maximum atomic E-state index is 6.03. The van der Waals surface area contributed by atoms with Gasteiger partial charge in [-0.3, -0.25) is 4.90 Å². The molecule has 1 fully saturated rings. The van der Waals surface area contributed by atoms with E-state index in [1.54, 1.807) is 17.5 Å². The van der Waals surface area contributed by atoms with Crippen LogP contribution in [0, 0.1) is 6.92 Å². The van der Waals surface area contributed by atoms with Gasteiger partial charge < -0.3 is 14.8 Å². The molecule has 1 N–H and O–H groups in total. The minimum atomic E-state index is 0.515. The minimum absolute atomic E-state index is 0.515. The fourth-order valence-electron chi connectivity index (χ4n) is 3.79. The van der Waals surface area contributed by atoms with E-state index in [-0.39, 0.29) is 0 Å². The Labute approximate surface area is 162 Å². The molecule has 2 aromatic heterocycles. The van der Waals surface area contributed by atoms with Gasteiger partial charge in [0, 0.05) is 50.0 Å². The van der Waals surface area contributed by atoms with E-state index in [0.29, 0.717) is 11.1 Å². The van der Waals surface area contributed by atoms with E-state index >= 15 is 0 Å². The van der Waals surface area contributed by atoms with E-state index in [4.69, 9.17) is 9.47 Å². The second-order valence-corrected chi connectivity index (χ2v) is 8.06. The maximum absolute atomic E-state index is 6.03. The Morgan fingerprint density at radius 2 is 2.19 bits per heavy atom. The summed E-state index contributed by atoms with van der Waals surface area (Å²) < 4.78 is 12.6. The number of aromatic nitrogens is 2. The van der Waals surface area contributed by atoms with Crippen LogP contribution in [0.1, 0.15) is 17.0 Å². The number of hydrogen-bond acceptors (Lipinski definition) is 7. The van der Waals surface area contributed by atoms with E-state index in [1.807, 2.05) is 12.1 Å². The first-order valence-electron chi connectivity index (χ1n) is 9.34. The van der Waals surface area contributed by atoms with Crippen molar-refractivity contribution in [2.75, 3.05) is 44.7 Å². The SMILES string of the molecule is Cc1ccnc2nc(Oc3ccc4c(c3)NCC4CN3CCOCC3)sc12. The summed E-state index contributed by atoms with van der Waals surface area (Å²) in [6.07, 6.45) is 1.79. The van der Waals surface area contributed by atoms with Crippen molar-refractivity contribution < 1.29 is 9.47 Å². The third-order valence-corrected chi connectivity index (χ3v) is 6.32. The number of morpholine rings is 1. The van der Waals surface area contributed by atoms with Gasteiger partial charge in [-0.2, -0.15) is 4.98 Å². The van der Waals surface area contributed by atoms with Crippen molar-refractivity contribution >= 4 is 27.4 Å². The Kier molecular flexibility index (Phi) is 4.43. The van der Waals surface area contributed by atoms with Crippen molar-refractivity contribution in [1.82, 2.24) is 14.9 Å². The molecular weight excluding hydrogens is 360 g/mol. The molecule has 2 aliphatic heterocycles. The Morgan fingerprint density at radius 1 is 1.30 bits per heavy atom. The van der Waals surface area contributed by atoms with Gasteiger partial charge in [0.2, 0.25) is 0 Å². The van der Waals surface area contributed by atoms with Crippen LogP contribution in [-0.2, 0) is 4.74 Å². The van der Waals surface area contributed by atoms with Crippen LogP contribution >= 0.6 is 11.3 Å². The number of hydrogen-bond donors (Lipinski definition) is 1. The Morgan fingerprint density at radius 3 is 3.04 bits per heavy atom. The number of benzene rings is 1. The van der Waals surface area contributed by atoms with Gasteiger partial charge in [0.1, 0.15) is 5.75 Å². The first kappa shape index (κ1) is 16.9. The number of nitrogens with zero attached hydrogens (tertiary/aromatic N) is 3. The highest BCUT2D eigenvalue weighted by atomic mass is 32.1. The van der Waals surface area contributed by atoms with E-state index in [2.05, 4.69) is 39.2 Å². The van der Waals surface area contributed by atoms with Crippen LogP contribution in [0.5, 0.6) is 10.9 Å². The number of pyridine rings is 1. The van der Waals surface area contributed by atoms with Crippen LogP contribution in [0.3, 0.4) is 0 Å². The molecule has 5 rings (SSSR count). The molecule has 0 bridgehead atoms. The lowest BCUT2D eigenvalue weighted by Crippen LogP contribution is -2.39. The molecule has 140 valence electrons. The average molecular weight is 382 g/mol. The first-order valence-corrected chi connectivity index (χ1v) is 10.2. The smallest absolute Gasteiger partial charge is 0.281 e. The molecule has 0 saturated carbocycles. The third kappa shape index (κ3) is 3.38. The normalized spacial score (nSPS) is 19.8. The number of rotatable bonds is 4. The molecule has 1 atom stereocenters. The van der Waals surface area contributed by atoms with Crippen molar-refractivity contribution in [2.45, 2.75) is 12.8 Å². The zero-order chi connectivity index (χ0) is 18.2. The van der Waals surface area contributed by atoms with Gasteiger partial charge in [-0.1, -0.05) is 17.4 Å². The number of anilines is 1. The number of ether oxygens (including phenoxy) is 2. The van der Waals surface area contributed by atoms with Crippen LogP contribution in [0.2, 0.25) is 0 Å². The first-order chi connectivity index (χ1) is 13.3. The molecule has 0 spiro atoms. The highest BCUT2D eigenvalue weighted by molar-refractivity contribution is 7.20. The third-order valence-electron chi connectivity index (χ3n) is 5.26. The molecule has 2 aliphatic rings. The molecule has 4 heterocycles. The van der Waals surface area contributed by atoms with Gasteiger partial charge in [0.15, 0.2) is 5.65 Å². The largest absolute Gasteiger partial charge is 0.431 e. The van der Waals surface area contributed by atoms with Gasteiger partial charge >= 0.3 is 0 Å². The fraction of sp³-hybridized carbons (Fsp3) is 0.400. The second kappa shape index (κ2) is 7.07. The lowest BCUT2D eigenvalue weighted by molar-refractivity contribution is 0.0358. The van der Waals surface area contributed by atoms with Crippen molar-refractivity contribution in [3.63, 3.8) is 0 Å². The monoisotopic (exact) mass is 382 g/mol. The summed E-state index contributed by atoms with van der Waals surface area (Å²) in [6.45, 7) is 7.86. The van der Waals surface area contributed by atoms with E-state index in [1.165, 1.54) is 16.8 Å². The van der Waals surface area contributed by atoms with E-state index < -0.39 is 0 Å². The molecule has 3 aromatic rings. The molecule has 1 unspecified atom stereocenters. The summed E-state index contributed by atoms with van der Waals surface area (Å²) in [6, 6.07) is 8.32. The van der Waals surface area contributed by atoms with E-state index in [0.717, 1.165) is 55.5 Å². The zero-order valence-corrected chi connectivity index (χ0v) is 16.1. The Hall–Kier alpha value is -2.22. The van der Waals surface area contributed by atoms with Gasteiger partial charge in [0.05, 0.1) is 17.9 Å². The molecule has 7 heteroatoms. The Bertz CT molecular complexity index is 968. The number of fused-ring (bicyclic) bond motifs is 2. The summed E-state index contributed by atoms with van der Waals surface area (Å²) in [7, 11) is 0. The van der Waals surface area contributed by atoms with Gasteiger partial charge in [-0.15, -0.1) is 0 Å². The van der Waals surface area contributed by atoms with Crippen LogP contribution in [0.25, 0.3) is 10.3 Å². The molecule has 6 nitrogen and oxygen atoms in total. The summed E-state index contributed by atoms with van der Waals surface area (Å²) in [5, 5.41) is 4.17. The van der Waals surface area contributed by atoms with Crippen molar-refractivity contribution in [3.8, 4) is 10.9 Å². The van der Waals surface area contributed by atoms with E-state index in [9.17, 15) is 0 Å². The van der Waals surface area contributed by atoms with Gasteiger partial charge in [-0.25, -0.2) is 4.98 Å². The Balaban J connectivity index is 1.32. The predicted molar refractivity (Wildman–Crippen MR) is 107 cm³/mol. The van der Waals surface area contributed by atoms with Crippen LogP contribution < -0.4 is 10.1 Å². The van der Waals surface area contributed by atoms with Gasteiger partial charge in [0.25, 0.3) is 5.19 Å².